The number of carbonyl (C=O) groups is 1. The lowest BCUT2D eigenvalue weighted by atomic mass is 10.1. The Kier molecular flexibility index (Phi) is 8.42. The molecule has 0 fully saturated rings. The average molecular weight is 507 g/mol. The predicted octanol–water partition coefficient (Wildman–Crippen LogP) is 3.82. The van der Waals surface area contributed by atoms with Crippen molar-refractivity contribution in [2.45, 2.75) is 13.3 Å². The fourth-order valence-corrected chi connectivity index (χ4v) is 3.25. The number of halogens is 1. The standard InChI is InChI=1S/C23H23FN2O8S/c1-4-11-32-25-20(22-13-19(26-33-22)15-5-7-16(24)8-6-15)14-31-17-9-10-21(34-35(3,28)29)18(12-17)23(27)30-2/h5-10,12-13H,4,11,14H2,1-3H3. The summed E-state index contributed by atoms with van der Waals surface area (Å²) in [4.78, 5) is 17.4. The molecule has 1 heterocycles. The third-order valence-corrected chi connectivity index (χ3v) is 4.86. The predicted molar refractivity (Wildman–Crippen MR) is 123 cm³/mol. The number of ether oxygens (including phenoxy) is 2. The van der Waals surface area contributed by atoms with Crippen LogP contribution in [0.2, 0.25) is 0 Å². The Labute approximate surface area is 201 Å². The molecule has 0 atom stereocenters. The van der Waals surface area contributed by atoms with Crippen LogP contribution in [0.3, 0.4) is 0 Å². The summed E-state index contributed by atoms with van der Waals surface area (Å²) < 4.78 is 56.9. The first-order valence-electron chi connectivity index (χ1n) is 10.4. The number of hydrogen-bond donors (Lipinski definition) is 0. The first-order chi connectivity index (χ1) is 16.7. The van der Waals surface area contributed by atoms with Crippen LogP contribution in [0.25, 0.3) is 11.3 Å². The maximum Gasteiger partial charge on any atom is 0.341 e. The van der Waals surface area contributed by atoms with E-state index in [0.29, 0.717) is 17.9 Å². The lowest BCUT2D eigenvalue weighted by Gasteiger charge is -2.11. The molecule has 2 aromatic carbocycles. The van der Waals surface area contributed by atoms with E-state index >= 15 is 0 Å². The summed E-state index contributed by atoms with van der Waals surface area (Å²) >= 11 is 0. The van der Waals surface area contributed by atoms with E-state index in [2.05, 4.69) is 10.3 Å². The highest BCUT2D eigenvalue weighted by atomic mass is 32.2. The molecular formula is C23H23FN2O8S. The second-order valence-corrected chi connectivity index (χ2v) is 8.76. The van der Waals surface area contributed by atoms with Crippen LogP contribution in [-0.2, 0) is 19.7 Å². The highest BCUT2D eigenvalue weighted by Crippen LogP contribution is 2.27. The molecule has 186 valence electrons. The van der Waals surface area contributed by atoms with Gasteiger partial charge in [-0.15, -0.1) is 0 Å². The molecule has 0 saturated carbocycles. The monoisotopic (exact) mass is 506 g/mol. The van der Waals surface area contributed by atoms with Gasteiger partial charge in [0.25, 0.3) is 0 Å². The minimum atomic E-state index is -3.88. The van der Waals surface area contributed by atoms with Crippen molar-refractivity contribution in [3.05, 3.63) is 65.7 Å². The van der Waals surface area contributed by atoms with Gasteiger partial charge < -0.3 is 23.0 Å². The summed E-state index contributed by atoms with van der Waals surface area (Å²) in [5.41, 5.74) is 1.21. The quantitative estimate of drug-likeness (QED) is 0.125. The van der Waals surface area contributed by atoms with Crippen LogP contribution < -0.4 is 8.92 Å². The van der Waals surface area contributed by atoms with Gasteiger partial charge in [0.1, 0.15) is 36.0 Å². The van der Waals surface area contributed by atoms with Gasteiger partial charge in [0, 0.05) is 11.6 Å². The number of esters is 1. The van der Waals surface area contributed by atoms with Crippen LogP contribution in [0.5, 0.6) is 11.5 Å². The van der Waals surface area contributed by atoms with E-state index in [1.54, 1.807) is 18.2 Å². The molecule has 35 heavy (non-hydrogen) atoms. The van der Waals surface area contributed by atoms with Crippen molar-refractivity contribution in [3.63, 3.8) is 0 Å². The van der Waals surface area contributed by atoms with E-state index in [9.17, 15) is 17.6 Å². The maximum absolute atomic E-state index is 13.2. The molecular weight excluding hydrogens is 483 g/mol. The van der Waals surface area contributed by atoms with Crippen molar-refractivity contribution in [3.8, 4) is 22.8 Å². The molecule has 0 aliphatic heterocycles. The van der Waals surface area contributed by atoms with Gasteiger partial charge in [0.15, 0.2) is 17.2 Å². The summed E-state index contributed by atoms with van der Waals surface area (Å²) in [6, 6.07) is 11.3. The van der Waals surface area contributed by atoms with E-state index in [0.717, 1.165) is 19.8 Å². The number of oxime groups is 1. The van der Waals surface area contributed by atoms with Gasteiger partial charge in [-0.25, -0.2) is 9.18 Å². The van der Waals surface area contributed by atoms with Gasteiger partial charge in [-0.3, -0.25) is 0 Å². The van der Waals surface area contributed by atoms with Gasteiger partial charge >= 0.3 is 16.1 Å². The van der Waals surface area contributed by atoms with E-state index < -0.39 is 16.1 Å². The Morgan fingerprint density at radius 3 is 2.54 bits per heavy atom. The third kappa shape index (κ3) is 7.27. The maximum atomic E-state index is 13.2. The molecule has 0 amide bonds. The normalized spacial score (nSPS) is 11.7. The van der Waals surface area contributed by atoms with Crippen molar-refractivity contribution in [2.24, 2.45) is 5.16 Å². The van der Waals surface area contributed by atoms with E-state index in [1.165, 1.54) is 30.3 Å². The third-order valence-electron chi connectivity index (χ3n) is 4.38. The average Bonchev–Trinajstić information content (AvgIpc) is 3.31. The number of rotatable bonds is 11. The summed E-state index contributed by atoms with van der Waals surface area (Å²) in [5.74, 6) is -0.932. The molecule has 3 aromatic rings. The second-order valence-electron chi connectivity index (χ2n) is 7.18. The van der Waals surface area contributed by atoms with Crippen molar-refractivity contribution in [2.75, 3.05) is 26.6 Å². The minimum absolute atomic E-state index is 0.144. The van der Waals surface area contributed by atoms with Gasteiger partial charge in [-0.05, 0) is 48.9 Å². The zero-order valence-electron chi connectivity index (χ0n) is 19.2. The summed E-state index contributed by atoms with van der Waals surface area (Å²) in [7, 11) is -2.72. The highest BCUT2D eigenvalue weighted by Gasteiger charge is 2.19. The first-order valence-corrected chi connectivity index (χ1v) is 12.2. The molecule has 0 saturated heterocycles. The van der Waals surface area contributed by atoms with Crippen molar-refractivity contribution in [1.29, 1.82) is 0 Å². The minimum Gasteiger partial charge on any atom is -0.487 e. The van der Waals surface area contributed by atoms with Crippen molar-refractivity contribution in [1.82, 2.24) is 5.16 Å². The first kappa shape index (κ1) is 25.7. The lowest BCUT2D eigenvalue weighted by Crippen LogP contribution is -2.14. The Morgan fingerprint density at radius 2 is 1.89 bits per heavy atom. The van der Waals surface area contributed by atoms with Gasteiger partial charge in [-0.2, -0.15) is 8.42 Å². The Hall–Kier alpha value is -3.93. The lowest BCUT2D eigenvalue weighted by molar-refractivity contribution is 0.0598. The number of aromatic nitrogens is 1. The van der Waals surface area contributed by atoms with E-state index in [1.807, 2.05) is 6.92 Å². The fraction of sp³-hybridized carbons (Fsp3) is 0.261. The zero-order valence-corrected chi connectivity index (χ0v) is 20.0. The number of benzene rings is 2. The number of nitrogens with zero attached hydrogens (tertiary/aromatic N) is 2. The highest BCUT2D eigenvalue weighted by molar-refractivity contribution is 7.86. The van der Waals surface area contributed by atoms with Crippen molar-refractivity contribution < 1.29 is 40.6 Å². The van der Waals surface area contributed by atoms with Crippen LogP contribution in [0, 0.1) is 5.82 Å². The number of methoxy groups -OCH3 is 1. The number of carbonyl (C=O) groups excluding carboxylic acids is 1. The van der Waals surface area contributed by atoms with Gasteiger partial charge in [0.05, 0.1) is 13.4 Å². The van der Waals surface area contributed by atoms with Gasteiger partial charge in [-0.1, -0.05) is 17.2 Å². The smallest absolute Gasteiger partial charge is 0.341 e. The van der Waals surface area contributed by atoms with E-state index in [-0.39, 0.29) is 41.0 Å². The molecule has 12 heteroatoms. The molecule has 3 rings (SSSR count). The zero-order chi connectivity index (χ0) is 25.4. The molecule has 10 nitrogen and oxygen atoms in total. The Balaban J connectivity index is 1.84. The molecule has 0 bridgehead atoms. The van der Waals surface area contributed by atoms with Crippen LogP contribution in [0.4, 0.5) is 4.39 Å². The molecule has 0 aliphatic rings. The molecule has 1 aromatic heterocycles. The fourth-order valence-electron chi connectivity index (χ4n) is 2.78. The molecule has 0 unspecified atom stereocenters. The SMILES string of the molecule is CCCON=C(COc1ccc(OS(C)(=O)=O)c(C(=O)OC)c1)c1cc(-c2ccc(F)cc2)no1. The topological polar surface area (TPSA) is 127 Å². The van der Waals surface area contributed by atoms with Crippen LogP contribution in [-0.4, -0.2) is 51.8 Å². The largest absolute Gasteiger partial charge is 0.487 e. The summed E-state index contributed by atoms with van der Waals surface area (Å²) in [5, 5.41) is 8.05. The second kappa shape index (κ2) is 11.5. The van der Waals surface area contributed by atoms with Crippen molar-refractivity contribution >= 4 is 21.8 Å². The van der Waals surface area contributed by atoms with Crippen LogP contribution in [0.15, 0.2) is 58.2 Å². The molecule has 0 radical (unpaired) electrons. The van der Waals surface area contributed by atoms with Crippen LogP contribution >= 0.6 is 0 Å². The summed E-state index contributed by atoms with van der Waals surface area (Å²) in [6.07, 6.45) is 1.58. The van der Waals surface area contributed by atoms with E-state index in [4.69, 9.17) is 23.0 Å². The number of hydrogen-bond acceptors (Lipinski definition) is 10. The Bertz CT molecular complexity index is 1300. The molecule has 0 aliphatic carbocycles. The molecule has 0 N–H and O–H groups in total. The van der Waals surface area contributed by atoms with Gasteiger partial charge in [0.2, 0.25) is 0 Å². The molecule has 0 spiro atoms. The summed E-state index contributed by atoms with van der Waals surface area (Å²) in [6.45, 7) is 2.13. The van der Waals surface area contributed by atoms with Crippen LogP contribution in [0.1, 0.15) is 29.5 Å². The Morgan fingerprint density at radius 1 is 1.14 bits per heavy atom.